The van der Waals surface area contributed by atoms with Gasteiger partial charge in [0.1, 0.15) is 0 Å². The van der Waals surface area contributed by atoms with E-state index in [1.54, 1.807) is 31.1 Å². The molecule has 1 N–H and O–H groups in total. The molecule has 1 aliphatic rings. The molecule has 1 atom stereocenters. The summed E-state index contributed by atoms with van der Waals surface area (Å²) in [7, 11) is 3.14. The first-order valence-corrected chi connectivity index (χ1v) is 8.80. The van der Waals surface area contributed by atoms with Crippen LogP contribution in [-0.2, 0) is 30.5 Å². The molecule has 0 saturated carbocycles. The highest BCUT2D eigenvalue weighted by Gasteiger charge is 2.35. The number of ether oxygens (including phenoxy) is 1. The van der Waals surface area contributed by atoms with E-state index in [0.717, 1.165) is 5.56 Å². The lowest BCUT2D eigenvalue weighted by atomic mass is 10.1. The Bertz CT molecular complexity index is 737. The molecule has 1 fully saturated rings. The fraction of sp³-hybridized carbons (Fsp3) is 0.444. The van der Waals surface area contributed by atoms with Crippen LogP contribution in [0.15, 0.2) is 24.3 Å². The third-order valence-corrected chi connectivity index (χ3v) is 4.52. The first kappa shape index (κ1) is 20.7. The number of benzene rings is 1. The average Bonchev–Trinajstić information content (AvgIpc) is 3.00. The molecule has 0 spiro atoms. The van der Waals surface area contributed by atoms with Crippen LogP contribution in [0.3, 0.4) is 0 Å². The SMILES string of the molecule is CN(C)C(=O)CNC(=O)COC(=O)[C@H]1CC(=O)N(Cc2ccccc2Cl)C1. The molecule has 1 aromatic rings. The number of esters is 1. The van der Waals surface area contributed by atoms with Crippen LogP contribution in [0.4, 0.5) is 0 Å². The second-order valence-electron chi connectivity index (χ2n) is 6.44. The number of hydrogen-bond acceptors (Lipinski definition) is 5. The predicted molar refractivity (Wildman–Crippen MR) is 97.6 cm³/mol. The highest BCUT2D eigenvalue weighted by atomic mass is 35.5. The number of hydrogen-bond donors (Lipinski definition) is 1. The number of likely N-dealkylation sites (tertiary alicyclic amines) is 1. The molecular weight excluding hydrogens is 374 g/mol. The van der Waals surface area contributed by atoms with Crippen LogP contribution >= 0.6 is 11.6 Å². The van der Waals surface area contributed by atoms with Crippen LogP contribution in [0.5, 0.6) is 0 Å². The van der Waals surface area contributed by atoms with Gasteiger partial charge in [-0.25, -0.2) is 0 Å². The summed E-state index contributed by atoms with van der Waals surface area (Å²) in [5, 5.41) is 2.92. The second kappa shape index (κ2) is 9.36. The molecule has 1 heterocycles. The molecule has 0 aliphatic carbocycles. The van der Waals surface area contributed by atoms with Gasteiger partial charge in [-0.15, -0.1) is 0 Å². The van der Waals surface area contributed by atoms with Gasteiger partial charge in [-0.1, -0.05) is 29.8 Å². The zero-order valence-electron chi connectivity index (χ0n) is 15.2. The smallest absolute Gasteiger partial charge is 0.311 e. The molecule has 3 amide bonds. The molecule has 8 nitrogen and oxygen atoms in total. The molecule has 1 saturated heterocycles. The summed E-state index contributed by atoms with van der Waals surface area (Å²) in [6.45, 7) is -0.134. The van der Waals surface area contributed by atoms with E-state index in [1.807, 2.05) is 12.1 Å². The van der Waals surface area contributed by atoms with Gasteiger partial charge in [0.15, 0.2) is 6.61 Å². The number of carbonyl (C=O) groups excluding carboxylic acids is 4. The molecule has 2 rings (SSSR count). The minimum Gasteiger partial charge on any atom is -0.455 e. The summed E-state index contributed by atoms with van der Waals surface area (Å²) >= 11 is 6.10. The van der Waals surface area contributed by atoms with Gasteiger partial charge in [0.25, 0.3) is 5.91 Å². The van der Waals surface area contributed by atoms with E-state index in [2.05, 4.69) is 5.32 Å². The summed E-state index contributed by atoms with van der Waals surface area (Å²) in [5.74, 6) is -2.25. The Kier molecular flexibility index (Phi) is 7.18. The summed E-state index contributed by atoms with van der Waals surface area (Å²) in [6, 6.07) is 7.19. The Morgan fingerprint density at radius 2 is 2.00 bits per heavy atom. The van der Waals surface area contributed by atoms with Gasteiger partial charge in [0, 0.05) is 38.6 Å². The van der Waals surface area contributed by atoms with E-state index in [1.165, 1.54) is 4.90 Å². The highest BCUT2D eigenvalue weighted by molar-refractivity contribution is 6.31. The van der Waals surface area contributed by atoms with Gasteiger partial charge in [-0.3, -0.25) is 19.2 Å². The van der Waals surface area contributed by atoms with Gasteiger partial charge in [0.2, 0.25) is 11.8 Å². The Balaban J connectivity index is 1.79. The van der Waals surface area contributed by atoms with E-state index in [-0.39, 0.29) is 31.3 Å². The van der Waals surface area contributed by atoms with E-state index in [0.29, 0.717) is 11.6 Å². The predicted octanol–water partition coefficient (Wildman–Crippen LogP) is 0.436. The van der Waals surface area contributed by atoms with Crippen molar-refractivity contribution in [1.82, 2.24) is 15.1 Å². The van der Waals surface area contributed by atoms with Crippen LogP contribution in [0.1, 0.15) is 12.0 Å². The van der Waals surface area contributed by atoms with Crippen molar-refractivity contribution in [2.24, 2.45) is 5.92 Å². The second-order valence-corrected chi connectivity index (χ2v) is 6.85. The minimum absolute atomic E-state index is 0.0318. The summed E-state index contributed by atoms with van der Waals surface area (Å²) in [5.41, 5.74) is 0.798. The number of carbonyl (C=O) groups is 4. The van der Waals surface area contributed by atoms with Crippen LogP contribution in [-0.4, -0.2) is 67.3 Å². The molecular formula is C18H22ClN3O5. The third-order valence-electron chi connectivity index (χ3n) is 4.15. The highest BCUT2D eigenvalue weighted by Crippen LogP contribution is 2.24. The van der Waals surface area contributed by atoms with Crippen molar-refractivity contribution in [3.63, 3.8) is 0 Å². The average molecular weight is 396 g/mol. The van der Waals surface area contributed by atoms with Gasteiger partial charge in [-0.2, -0.15) is 0 Å². The number of halogens is 1. The fourth-order valence-electron chi connectivity index (χ4n) is 2.55. The van der Waals surface area contributed by atoms with Gasteiger partial charge in [0.05, 0.1) is 12.5 Å². The van der Waals surface area contributed by atoms with Crippen molar-refractivity contribution in [2.45, 2.75) is 13.0 Å². The number of amides is 3. The standard InChI is InChI=1S/C18H22ClN3O5/c1-21(2)17(25)8-20-15(23)11-27-18(26)13-7-16(24)22(10-13)9-12-5-3-4-6-14(12)19/h3-6,13H,7-11H2,1-2H3,(H,20,23)/t13-/m0/s1. The van der Waals surface area contributed by atoms with E-state index in [4.69, 9.17) is 16.3 Å². The number of nitrogens with one attached hydrogen (secondary N) is 1. The van der Waals surface area contributed by atoms with Crippen LogP contribution in [0.2, 0.25) is 5.02 Å². The topological polar surface area (TPSA) is 96.0 Å². The van der Waals surface area contributed by atoms with Crippen molar-refractivity contribution in [3.8, 4) is 0 Å². The monoisotopic (exact) mass is 395 g/mol. The summed E-state index contributed by atoms with van der Waals surface area (Å²) < 4.78 is 4.97. The number of likely N-dealkylation sites (N-methyl/N-ethyl adjacent to an activating group) is 1. The van der Waals surface area contributed by atoms with Crippen molar-refractivity contribution >= 4 is 35.3 Å². The summed E-state index contributed by atoms with van der Waals surface area (Å²) in [4.78, 5) is 50.2. The van der Waals surface area contributed by atoms with Gasteiger partial charge in [-0.05, 0) is 11.6 Å². The quantitative estimate of drug-likeness (QED) is 0.676. The largest absolute Gasteiger partial charge is 0.455 e. The fourth-order valence-corrected chi connectivity index (χ4v) is 2.75. The Labute approximate surface area is 162 Å². The van der Waals surface area contributed by atoms with Crippen LogP contribution in [0.25, 0.3) is 0 Å². The first-order chi connectivity index (χ1) is 12.8. The molecule has 1 aliphatic heterocycles. The Hall–Kier alpha value is -2.61. The lowest BCUT2D eigenvalue weighted by Gasteiger charge is -2.17. The van der Waals surface area contributed by atoms with Crippen molar-refractivity contribution in [2.75, 3.05) is 33.8 Å². The molecule has 0 bridgehead atoms. The first-order valence-electron chi connectivity index (χ1n) is 8.42. The summed E-state index contributed by atoms with van der Waals surface area (Å²) in [6.07, 6.45) is 0.0318. The molecule has 146 valence electrons. The molecule has 0 radical (unpaired) electrons. The Morgan fingerprint density at radius 1 is 1.30 bits per heavy atom. The lowest BCUT2D eigenvalue weighted by molar-refractivity contribution is -0.152. The normalized spacial score (nSPS) is 16.2. The lowest BCUT2D eigenvalue weighted by Crippen LogP contribution is -2.38. The number of rotatable bonds is 7. The minimum atomic E-state index is -0.629. The molecule has 0 unspecified atom stereocenters. The van der Waals surface area contributed by atoms with Crippen molar-refractivity contribution in [1.29, 1.82) is 0 Å². The molecule has 9 heteroatoms. The maximum atomic E-state index is 12.1. The maximum absolute atomic E-state index is 12.1. The maximum Gasteiger partial charge on any atom is 0.311 e. The van der Waals surface area contributed by atoms with E-state index in [9.17, 15) is 19.2 Å². The van der Waals surface area contributed by atoms with Gasteiger partial charge >= 0.3 is 5.97 Å². The van der Waals surface area contributed by atoms with E-state index >= 15 is 0 Å². The molecule has 0 aromatic heterocycles. The van der Waals surface area contributed by atoms with Crippen LogP contribution in [0, 0.1) is 5.92 Å². The van der Waals surface area contributed by atoms with E-state index < -0.39 is 24.4 Å². The number of nitrogens with zero attached hydrogens (tertiary/aromatic N) is 2. The van der Waals surface area contributed by atoms with Crippen molar-refractivity contribution in [3.05, 3.63) is 34.9 Å². The van der Waals surface area contributed by atoms with Crippen molar-refractivity contribution < 1.29 is 23.9 Å². The zero-order valence-corrected chi connectivity index (χ0v) is 16.0. The van der Waals surface area contributed by atoms with Crippen LogP contribution < -0.4 is 5.32 Å². The molecule has 27 heavy (non-hydrogen) atoms. The third kappa shape index (κ3) is 5.96. The van der Waals surface area contributed by atoms with Gasteiger partial charge < -0.3 is 19.9 Å². The zero-order chi connectivity index (χ0) is 20.0. The molecule has 1 aromatic carbocycles. The Morgan fingerprint density at radius 3 is 2.67 bits per heavy atom.